The molecule has 2 aliphatic carbocycles. The van der Waals surface area contributed by atoms with E-state index in [1.54, 1.807) is 0 Å². The Morgan fingerprint density at radius 1 is 1.17 bits per heavy atom. The fraction of sp³-hybridized carbons (Fsp3) is 0.614. The summed E-state index contributed by atoms with van der Waals surface area (Å²) in [6.07, 6.45) is 15.0. The van der Waals surface area contributed by atoms with E-state index in [1.807, 2.05) is 26.1 Å². The number of hydrogen-bond donors (Lipinski definition) is 6. The SMILES string of the molecule is C=C(/C=C/C=C(/COCCO)[C@@H]1CC[C@]2([C@@H]1O)[C@@H](CCCO)/C(=C(/C)C=O)CC[C@]2(O)CCNC)[C@@H]1C/C=C(\C)CN[C@@H](C)Cc2cccc(c2)C1. The van der Waals surface area contributed by atoms with Crippen LogP contribution >= 0.6 is 0 Å². The molecule has 3 aliphatic rings. The molecule has 0 aromatic heterocycles. The number of benzene rings is 1. The average molecular weight is 719 g/mol. The maximum atomic E-state index is 12.6. The second kappa shape index (κ2) is 20.1. The molecule has 4 rings (SSSR count). The van der Waals surface area contributed by atoms with E-state index in [0.717, 1.165) is 48.8 Å². The van der Waals surface area contributed by atoms with Gasteiger partial charge in [0.15, 0.2) is 0 Å². The Hall–Kier alpha value is -2.69. The quantitative estimate of drug-likeness (QED) is 0.0457. The predicted molar refractivity (Wildman–Crippen MR) is 210 cm³/mol. The van der Waals surface area contributed by atoms with E-state index < -0.39 is 17.1 Å². The molecular formula is C44H66N2O6. The normalized spacial score (nSPS) is 32.3. The molecule has 1 heterocycles. The largest absolute Gasteiger partial charge is 0.396 e. The van der Waals surface area contributed by atoms with E-state index in [0.29, 0.717) is 63.1 Å². The molecule has 0 saturated heterocycles. The molecule has 0 radical (unpaired) electrons. The molecule has 0 amide bonds. The summed E-state index contributed by atoms with van der Waals surface area (Å²) in [4.78, 5) is 12.1. The van der Waals surface area contributed by atoms with Crippen LogP contribution in [-0.4, -0.2) is 91.0 Å². The van der Waals surface area contributed by atoms with Crippen molar-refractivity contribution in [1.82, 2.24) is 10.6 Å². The van der Waals surface area contributed by atoms with Crippen LogP contribution in [0.2, 0.25) is 0 Å². The summed E-state index contributed by atoms with van der Waals surface area (Å²) < 4.78 is 5.90. The van der Waals surface area contributed by atoms with Crippen LogP contribution in [0, 0.1) is 23.2 Å². The zero-order chi connectivity index (χ0) is 37.7. The van der Waals surface area contributed by atoms with Crippen molar-refractivity contribution in [3.05, 3.63) is 94.1 Å². The standard InChI is InChI=1S/C44H66N2O6/c1-31-14-15-37(27-36-11-7-10-35(26-36)25-34(4)46-28-31)32(2)9-6-12-38(30-52-24-23-48)40-17-19-44(42(40)50)41(13-8-22-47)39(33(3)29-49)16-18-43(44,51)20-21-45-5/h6-7,9-12,14,26,29,34,37,40-42,45-48,50-51H,2,8,13,15-25,27-28,30H2,1,3-5H3/b9-6+,31-14+,38-12-,39-33-/t34-,37+,40-,41-,42+,43-,44+/m0/s1. The number of aldehydes is 1. The summed E-state index contributed by atoms with van der Waals surface area (Å²) in [5.41, 5.74) is 5.48. The highest BCUT2D eigenvalue weighted by atomic mass is 16.5. The minimum absolute atomic E-state index is 0.00117. The molecule has 1 aliphatic heterocycles. The Labute approximate surface area is 312 Å². The van der Waals surface area contributed by atoms with E-state index in [9.17, 15) is 25.2 Å². The maximum Gasteiger partial charge on any atom is 0.145 e. The minimum Gasteiger partial charge on any atom is -0.396 e. The van der Waals surface area contributed by atoms with Crippen molar-refractivity contribution in [2.45, 2.75) is 103 Å². The van der Waals surface area contributed by atoms with Crippen LogP contribution in [0.4, 0.5) is 0 Å². The van der Waals surface area contributed by atoms with E-state index in [1.165, 1.54) is 16.7 Å². The summed E-state index contributed by atoms with van der Waals surface area (Å²) in [7, 11) is 1.87. The summed E-state index contributed by atoms with van der Waals surface area (Å²) in [5.74, 6) is -0.330. The highest BCUT2D eigenvalue weighted by Gasteiger charge is 2.65. The molecule has 2 saturated carbocycles. The molecule has 8 nitrogen and oxygen atoms in total. The highest BCUT2D eigenvalue weighted by molar-refractivity contribution is 5.74. The molecule has 52 heavy (non-hydrogen) atoms. The molecule has 8 heteroatoms. The van der Waals surface area contributed by atoms with Crippen LogP contribution in [0.3, 0.4) is 0 Å². The molecular weight excluding hydrogens is 652 g/mol. The van der Waals surface area contributed by atoms with Crippen LogP contribution in [0.25, 0.3) is 0 Å². The van der Waals surface area contributed by atoms with E-state index in [2.05, 4.69) is 67.5 Å². The van der Waals surface area contributed by atoms with Gasteiger partial charge in [-0.3, -0.25) is 4.79 Å². The van der Waals surface area contributed by atoms with E-state index in [-0.39, 0.29) is 44.2 Å². The maximum absolute atomic E-state index is 12.6. The third kappa shape index (κ3) is 10.1. The van der Waals surface area contributed by atoms with Gasteiger partial charge in [-0.1, -0.05) is 71.9 Å². The van der Waals surface area contributed by atoms with Gasteiger partial charge in [-0.25, -0.2) is 0 Å². The number of carbonyl (C=O) groups excluding carboxylic acids is 1. The number of ether oxygens (including phenoxy) is 1. The Kier molecular flexibility index (Phi) is 16.3. The smallest absolute Gasteiger partial charge is 0.145 e. The van der Waals surface area contributed by atoms with Gasteiger partial charge in [-0.15, -0.1) is 0 Å². The van der Waals surface area contributed by atoms with Crippen molar-refractivity contribution in [3.8, 4) is 0 Å². The molecule has 1 aromatic carbocycles. The molecule has 2 bridgehead atoms. The lowest BCUT2D eigenvalue weighted by Gasteiger charge is -2.57. The van der Waals surface area contributed by atoms with Crippen molar-refractivity contribution >= 4 is 6.29 Å². The van der Waals surface area contributed by atoms with Crippen molar-refractivity contribution in [3.63, 3.8) is 0 Å². The summed E-state index contributed by atoms with van der Waals surface area (Å²) >= 11 is 0. The van der Waals surface area contributed by atoms with E-state index >= 15 is 0 Å². The summed E-state index contributed by atoms with van der Waals surface area (Å²) in [5, 5.41) is 51.4. The lowest BCUT2D eigenvalue weighted by molar-refractivity contribution is -0.180. The zero-order valence-electron chi connectivity index (χ0n) is 32.2. The third-order valence-electron chi connectivity index (χ3n) is 12.2. The van der Waals surface area contributed by atoms with E-state index in [4.69, 9.17) is 4.74 Å². The van der Waals surface area contributed by atoms with Crippen LogP contribution in [0.5, 0.6) is 0 Å². The summed E-state index contributed by atoms with van der Waals surface area (Å²) in [6.45, 7) is 12.5. The van der Waals surface area contributed by atoms with Crippen LogP contribution < -0.4 is 10.6 Å². The first kappa shape index (κ1) is 42.1. The number of carbonyl (C=O) groups is 1. The first-order chi connectivity index (χ1) is 25.0. The molecule has 1 aromatic rings. The van der Waals surface area contributed by atoms with Gasteiger partial charge in [-0.05, 0) is 133 Å². The van der Waals surface area contributed by atoms with Gasteiger partial charge in [0.25, 0.3) is 0 Å². The minimum atomic E-state index is -1.16. The second-order valence-corrected chi connectivity index (χ2v) is 15.7. The van der Waals surface area contributed by atoms with Gasteiger partial charge in [0.2, 0.25) is 0 Å². The summed E-state index contributed by atoms with van der Waals surface area (Å²) in [6, 6.07) is 9.28. The number of allylic oxidation sites excluding steroid dienone is 7. The number of nitrogens with one attached hydrogen (secondary N) is 2. The van der Waals surface area contributed by atoms with Gasteiger partial charge >= 0.3 is 0 Å². The Bertz CT molecular complexity index is 1460. The average Bonchev–Trinajstić information content (AvgIpc) is 3.48. The predicted octanol–water partition coefficient (Wildman–Crippen LogP) is 5.56. The second-order valence-electron chi connectivity index (χ2n) is 15.7. The van der Waals surface area contributed by atoms with Gasteiger partial charge in [0.1, 0.15) is 6.29 Å². The topological polar surface area (TPSA) is 131 Å². The molecule has 0 unspecified atom stereocenters. The Balaban J connectivity index is 1.68. The van der Waals surface area contributed by atoms with Crippen molar-refractivity contribution in [2.24, 2.45) is 23.2 Å². The number of hydrogen-bond acceptors (Lipinski definition) is 8. The number of aliphatic hydroxyl groups is 4. The van der Waals surface area contributed by atoms with Gasteiger partial charge in [-0.2, -0.15) is 0 Å². The number of aliphatic hydroxyl groups excluding tert-OH is 3. The fourth-order valence-electron chi connectivity index (χ4n) is 9.36. The van der Waals surface area contributed by atoms with Crippen molar-refractivity contribution < 1.29 is 30.0 Å². The fourth-order valence-corrected chi connectivity index (χ4v) is 9.36. The van der Waals surface area contributed by atoms with Crippen LogP contribution in [-0.2, 0) is 22.4 Å². The number of fused-ring (bicyclic) bond motifs is 2. The lowest BCUT2D eigenvalue weighted by Crippen LogP contribution is -2.61. The van der Waals surface area contributed by atoms with Gasteiger partial charge < -0.3 is 35.8 Å². The molecule has 1 spiro atoms. The monoisotopic (exact) mass is 718 g/mol. The molecule has 2 fully saturated rings. The lowest BCUT2D eigenvalue weighted by atomic mass is 9.51. The van der Waals surface area contributed by atoms with Gasteiger partial charge in [0, 0.05) is 30.5 Å². The van der Waals surface area contributed by atoms with Crippen molar-refractivity contribution in [1.29, 1.82) is 0 Å². The van der Waals surface area contributed by atoms with Crippen LogP contribution in [0.1, 0.15) is 83.3 Å². The third-order valence-corrected chi connectivity index (χ3v) is 12.2. The van der Waals surface area contributed by atoms with Crippen molar-refractivity contribution in [2.75, 3.05) is 46.6 Å². The molecule has 6 N–H and O–H groups in total. The highest BCUT2D eigenvalue weighted by Crippen LogP contribution is 2.64. The first-order valence-corrected chi connectivity index (χ1v) is 19.6. The number of rotatable bonds is 15. The molecule has 288 valence electrons. The first-order valence-electron chi connectivity index (χ1n) is 19.6. The molecule has 7 atom stereocenters. The Morgan fingerprint density at radius 2 is 1.94 bits per heavy atom. The van der Waals surface area contributed by atoms with Crippen LogP contribution in [0.15, 0.2) is 83.0 Å². The van der Waals surface area contributed by atoms with Gasteiger partial charge in [0.05, 0.1) is 31.5 Å². The Morgan fingerprint density at radius 3 is 2.65 bits per heavy atom. The zero-order valence-corrected chi connectivity index (χ0v) is 32.2.